The normalized spacial score (nSPS) is 10.7. The number of benzene rings is 2. The first-order valence-corrected chi connectivity index (χ1v) is 9.80. The zero-order chi connectivity index (χ0) is 20.1. The Labute approximate surface area is 172 Å². The average Bonchev–Trinajstić information content (AvgIpc) is 3.15. The quantitative estimate of drug-likeness (QED) is 0.540. The molecule has 146 valence electrons. The van der Waals surface area contributed by atoms with Crippen LogP contribution in [0.2, 0.25) is 0 Å². The van der Waals surface area contributed by atoms with Gasteiger partial charge in [0.1, 0.15) is 5.75 Å². The van der Waals surface area contributed by atoms with Crippen LogP contribution in [0.5, 0.6) is 5.75 Å². The Hall–Kier alpha value is -2.67. The summed E-state index contributed by atoms with van der Waals surface area (Å²) >= 11 is 3.48. The SMILES string of the molecule is CCc1ccc(OCC(=O)N(C)Cc2nnc(-c3ccc(C)cc3)o2)c(Br)c1. The molecule has 6 nitrogen and oxygen atoms in total. The molecule has 0 saturated heterocycles. The van der Waals surface area contributed by atoms with Crippen molar-refractivity contribution in [2.75, 3.05) is 13.7 Å². The molecule has 0 fully saturated rings. The topological polar surface area (TPSA) is 68.5 Å². The maximum atomic E-state index is 12.4. The number of carbonyl (C=O) groups is 1. The number of aromatic nitrogens is 2. The molecule has 0 aliphatic heterocycles. The number of ether oxygens (including phenoxy) is 1. The van der Waals surface area contributed by atoms with Gasteiger partial charge in [-0.2, -0.15) is 0 Å². The molecule has 0 bridgehead atoms. The van der Waals surface area contributed by atoms with E-state index in [2.05, 4.69) is 33.1 Å². The highest BCUT2D eigenvalue weighted by molar-refractivity contribution is 9.10. The van der Waals surface area contributed by atoms with E-state index in [-0.39, 0.29) is 19.1 Å². The van der Waals surface area contributed by atoms with E-state index < -0.39 is 0 Å². The summed E-state index contributed by atoms with van der Waals surface area (Å²) in [4.78, 5) is 13.9. The Bertz CT molecular complexity index is 954. The fourth-order valence-corrected chi connectivity index (χ4v) is 3.09. The standard InChI is InChI=1S/C21H22BrN3O3/c1-4-15-7-10-18(17(22)11-15)27-13-20(26)25(3)12-19-23-24-21(28-19)16-8-5-14(2)6-9-16/h5-11H,4,12-13H2,1-3H3. The van der Waals surface area contributed by atoms with Crippen molar-refractivity contribution in [2.45, 2.75) is 26.8 Å². The molecule has 28 heavy (non-hydrogen) atoms. The fraction of sp³-hybridized carbons (Fsp3) is 0.286. The maximum Gasteiger partial charge on any atom is 0.260 e. The number of nitrogens with zero attached hydrogens (tertiary/aromatic N) is 3. The first kappa shape index (κ1) is 20.1. The molecule has 1 amide bonds. The highest BCUT2D eigenvalue weighted by Gasteiger charge is 2.15. The Balaban J connectivity index is 1.56. The monoisotopic (exact) mass is 443 g/mol. The predicted octanol–water partition coefficient (Wildman–Crippen LogP) is 4.41. The summed E-state index contributed by atoms with van der Waals surface area (Å²) in [5.41, 5.74) is 3.20. The van der Waals surface area contributed by atoms with Crippen LogP contribution >= 0.6 is 15.9 Å². The van der Waals surface area contributed by atoms with E-state index in [1.165, 1.54) is 10.5 Å². The summed E-state index contributed by atoms with van der Waals surface area (Å²) in [5.74, 6) is 1.27. The summed E-state index contributed by atoms with van der Waals surface area (Å²) in [6, 6.07) is 13.7. The Kier molecular flexibility index (Phi) is 6.46. The van der Waals surface area contributed by atoms with Crippen LogP contribution in [0.3, 0.4) is 0 Å². The van der Waals surface area contributed by atoms with Crippen LogP contribution in [0, 0.1) is 6.92 Å². The third-order valence-corrected chi connectivity index (χ3v) is 4.94. The lowest BCUT2D eigenvalue weighted by molar-refractivity contribution is -0.132. The summed E-state index contributed by atoms with van der Waals surface area (Å²) < 4.78 is 12.1. The number of hydrogen-bond donors (Lipinski definition) is 0. The largest absolute Gasteiger partial charge is 0.483 e. The van der Waals surface area contributed by atoms with Crippen molar-refractivity contribution in [3.05, 3.63) is 64.0 Å². The molecule has 0 aliphatic carbocycles. The van der Waals surface area contributed by atoms with Crippen molar-refractivity contribution >= 4 is 21.8 Å². The van der Waals surface area contributed by atoms with Crippen LogP contribution in [0.4, 0.5) is 0 Å². The summed E-state index contributed by atoms with van der Waals surface area (Å²) in [6.45, 7) is 4.25. The molecule has 0 aliphatic rings. The molecule has 0 radical (unpaired) electrons. The Morgan fingerprint density at radius 3 is 2.61 bits per heavy atom. The van der Waals surface area contributed by atoms with Crippen LogP contribution in [0.25, 0.3) is 11.5 Å². The lowest BCUT2D eigenvalue weighted by Crippen LogP contribution is -2.31. The van der Waals surface area contributed by atoms with Gasteiger partial charge in [0.25, 0.3) is 5.91 Å². The van der Waals surface area contributed by atoms with Crippen molar-refractivity contribution in [2.24, 2.45) is 0 Å². The summed E-state index contributed by atoms with van der Waals surface area (Å²) in [5, 5.41) is 8.09. The van der Waals surface area contributed by atoms with Gasteiger partial charge in [0, 0.05) is 12.6 Å². The minimum atomic E-state index is -0.179. The third kappa shape index (κ3) is 4.98. The number of carbonyl (C=O) groups excluding carboxylic acids is 1. The van der Waals surface area contributed by atoms with Gasteiger partial charge in [-0.1, -0.05) is 30.7 Å². The van der Waals surface area contributed by atoms with Gasteiger partial charge >= 0.3 is 0 Å². The number of aryl methyl sites for hydroxylation is 2. The van der Waals surface area contributed by atoms with E-state index in [0.717, 1.165) is 22.0 Å². The van der Waals surface area contributed by atoms with Gasteiger partial charge in [-0.05, 0) is 59.1 Å². The second-order valence-corrected chi connectivity index (χ2v) is 7.38. The highest BCUT2D eigenvalue weighted by atomic mass is 79.9. The molecule has 0 saturated carbocycles. The smallest absolute Gasteiger partial charge is 0.260 e. The lowest BCUT2D eigenvalue weighted by atomic mass is 10.1. The van der Waals surface area contributed by atoms with Gasteiger partial charge in [-0.3, -0.25) is 4.79 Å². The van der Waals surface area contributed by atoms with E-state index in [1.54, 1.807) is 7.05 Å². The minimum absolute atomic E-state index is 0.0699. The van der Waals surface area contributed by atoms with E-state index in [9.17, 15) is 4.79 Å². The number of hydrogen-bond acceptors (Lipinski definition) is 5. The Morgan fingerprint density at radius 2 is 1.93 bits per heavy atom. The first-order valence-electron chi connectivity index (χ1n) is 9.01. The zero-order valence-electron chi connectivity index (χ0n) is 16.1. The Morgan fingerprint density at radius 1 is 1.18 bits per heavy atom. The highest BCUT2D eigenvalue weighted by Crippen LogP contribution is 2.26. The van der Waals surface area contributed by atoms with E-state index in [1.807, 2.05) is 49.4 Å². The molecule has 0 spiro atoms. The van der Waals surface area contributed by atoms with E-state index in [0.29, 0.717) is 17.5 Å². The molecule has 2 aromatic carbocycles. The van der Waals surface area contributed by atoms with Crippen molar-refractivity contribution in [1.29, 1.82) is 0 Å². The maximum absolute atomic E-state index is 12.4. The van der Waals surface area contributed by atoms with Gasteiger partial charge in [-0.15, -0.1) is 10.2 Å². The number of rotatable bonds is 7. The summed E-state index contributed by atoms with van der Waals surface area (Å²) in [7, 11) is 1.68. The minimum Gasteiger partial charge on any atom is -0.483 e. The van der Waals surface area contributed by atoms with Gasteiger partial charge in [0.15, 0.2) is 6.61 Å². The van der Waals surface area contributed by atoms with Gasteiger partial charge in [0.05, 0.1) is 11.0 Å². The second kappa shape index (κ2) is 9.01. The van der Waals surface area contributed by atoms with Crippen LogP contribution in [-0.4, -0.2) is 34.7 Å². The summed E-state index contributed by atoms with van der Waals surface area (Å²) in [6.07, 6.45) is 0.940. The number of amides is 1. The molecular formula is C21H22BrN3O3. The fourth-order valence-electron chi connectivity index (χ4n) is 2.55. The molecular weight excluding hydrogens is 422 g/mol. The zero-order valence-corrected chi connectivity index (χ0v) is 17.7. The van der Waals surface area contributed by atoms with Crippen molar-refractivity contribution in [3.63, 3.8) is 0 Å². The predicted molar refractivity (Wildman–Crippen MR) is 110 cm³/mol. The molecule has 3 aromatic rings. The molecule has 1 aromatic heterocycles. The van der Waals surface area contributed by atoms with Crippen LogP contribution < -0.4 is 4.74 Å². The second-order valence-electron chi connectivity index (χ2n) is 6.52. The van der Waals surface area contributed by atoms with E-state index in [4.69, 9.17) is 9.15 Å². The van der Waals surface area contributed by atoms with Gasteiger partial charge in [0.2, 0.25) is 11.8 Å². The molecule has 1 heterocycles. The third-order valence-electron chi connectivity index (χ3n) is 4.32. The first-order chi connectivity index (χ1) is 13.5. The molecule has 3 rings (SSSR count). The van der Waals surface area contributed by atoms with Crippen LogP contribution in [0.1, 0.15) is 23.9 Å². The number of likely N-dealkylation sites (N-methyl/N-ethyl adjacent to an activating group) is 1. The molecule has 0 unspecified atom stereocenters. The molecule has 0 N–H and O–H groups in total. The van der Waals surface area contributed by atoms with Gasteiger partial charge in [-0.25, -0.2) is 0 Å². The van der Waals surface area contributed by atoms with Crippen molar-refractivity contribution in [3.8, 4) is 17.2 Å². The van der Waals surface area contributed by atoms with Crippen molar-refractivity contribution < 1.29 is 13.9 Å². The number of halogens is 1. The average molecular weight is 444 g/mol. The van der Waals surface area contributed by atoms with Crippen molar-refractivity contribution in [1.82, 2.24) is 15.1 Å². The van der Waals surface area contributed by atoms with Gasteiger partial charge < -0.3 is 14.1 Å². The molecule has 7 heteroatoms. The van der Waals surface area contributed by atoms with Crippen LogP contribution in [-0.2, 0) is 17.8 Å². The van der Waals surface area contributed by atoms with Crippen LogP contribution in [0.15, 0.2) is 51.4 Å². The van der Waals surface area contributed by atoms with E-state index >= 15 is 0 Å². The lowest BCUT2D eigenvalue weighted by Gasteiger charge is -2.16. The molecule has 0 atom stereocenters.